The monoisotopic (exact) mass is 215 g/mol. The van der Waals surface area contributed by atoms with E-state index in [9.17, 15) is 4.79 Å². The Labute approximate surface area is 81.9 Å². The van der Waals surface area contributed by atoms with Crippen LogP contribution >= 0.6 is 18.9 Å². The Balaban J connectivity index is 2.53. The molecule has 5 heteroatoms. The first-order valence-corrected chi connectivity index (χ1v) is 5.83. The molecule has 0 radical (unpaired) electrons. The van der Waals surface area contributed by atoms with E-state index in [0.717, 1.165) is 5.69 Å². The summed E-state index contributed by atoms with van der Waals surface area (Å²) in [7, 11) is 0.487. The van der Waals surface area contributed by atoms with Crippen LogP contribution in [0.5, 0.6) is 0 Å². The van der Waals surface area contributed by atoms with Gasteiger partial charge >= 0.3 is 5.97 Å². The molecule has 1 heterocycles. The summed E-state index contributed by atoms with van der Waals surface area (Å²) in [4.78, 5) is 11.3. The normalized spacial score (nSPS) is 20.9. The molecule has 1 unspecified atom stereocenters. The summed E-state index contributed by atoms with van der Waals surface area (Å²) >= 11 is 5.84. The molecule has 0 bridgehead atoms. The number of hydrogen-bond donors (Lipinski definition) is 0. The van der Waals surface area contributed by atoms with E-state index in [0.29, 0.717) is 5.56 Å². The standard InChI is InChI=1S/C8H7ClNO2P/c1-10-7-5-3-2-4-6(7)8(11)12-13(10)9/h2-5H,1H3. The van der Waals surface area contributed by atoms with Crippen LogP contribution in [0.4, 0.5) is 5.69 Å². The maximum absolute atomic E-state index is 11.3. The first-order valence-electron chi connectivity index (χ1n) is 3.71. The summed E-state index contributed by atoms with van der Waals surface area (Å²) in [5, 5.41) is 0. The van der Waals surface area contributed by atoms with Crippen molar-refractivity contribution in [1.82, 2.24) is 0 Å². The summed E-state index contributed by atoms with van der Waals surface area (Å²) in [5.74, 6) is -0.338. The molecule has 0 spiro atoms. The van der Waals surface area contributed by atoms with E-state index in [4.69, 9.17) is 15.8 Å². The molecule has 1 aliphatic heterocycles. The minimum Gasteiger partial charge on any atom is -0.405 e. The molecular weight excluding hydrogens is 209 g/mol. The van der Waals surface area contributed by atoms with Crippen molar-refractivity contribution >= 4 is 30.5 Å². The van der Waals surface area contributed by atoms with Crippen LogP contribution in [0.2, 0.25) is 0 Å². The number of para-hydroxylation sites is 1. The van der Waals surface area contributed by atoms with Crippen molar-refractivity contribution < 1.29 is 9.32 Å². The lowest BCUT2D eigenvalue weighted by molar-refractivity contribution is 0.0754. The molecule has 2 rings (SSSR count). The van der Waals surface area contributed by atoms with Crippen molar-refractivity contribution in [3.63, 3.8) is 0 Å². The van der Waals surface area contributed by atoms with Gasteiger partial charge in [-0.15, -0.1) is 0 Å². The second kappa shape index (κ2) is 3.17. The van der Waals surface area contributed by atoms with Gasteiger partial charge in [0, 0.05) is 7.05 Å². The van der Waals surface area contributed by atoms with Crippen LogP contribution in [0.25, 0.3) is 0 Å². The van der Waals surface area contributed by atoms with Gasteiger partial charge in [-0.3, -0.25) is 0 Å². The average Bonchev–Trinajstić information content (AvgIpc) is 2.15. The van der Waals surface area contributed by atoms with E-state index >= 15 is 0 Å². The second-order valence-electron chi connectivity index (χ2n) is 2.65. The van der Waals surface area contributed by atoms with Crippen LogP contribution in [-0.4, -0.2) is 13.0 Å². The Bertz CT molecular complexity index is 358. The van der Waals surface area contributed by atoms with E-state index in [1.807, 2.05) is 19.2 Å². The molecule has 0 N–H and O–H groups in total. The highest BCUT2D eigenvalue weighted by Gasteiger charge is 2.29. The number of carbonyl (C=O) groups excluding carboxylic acids is 1. The van der Waals surface area contributed by atoms with Crippen molar-refractivity contribution in [3.05, 3.63) is 29.8 Å². The molecule has 3 nitrogen and oxygen atoms in total. The summed E-state index contributed by atoms with van der Waals surface area (Å²) in [6.45, 7) is 0. The van der Waals surface area contributed by atoms with E-state index in [1.165, 1.54) is 0 Å². The van der Waals surface area contributed by atoms with Gasteiger partial charge in [0.15, 0.2) is 0 Å². The van der Waals surface area contributed by atoms with E-state index in [1.54, 1.807) is 16.8 Å². The van der Waals surface area contributed by atoms with Gasteiger partial charge in [-0.05, 0) is 23.4 Å². The van der Waals surface area contributed by atoms with Crippen molar-refractivity contribution in [2.24, 2.45) is 0 Å². The van der Waals surface area contributed by atoms with Crippen LogP contribution in [0.1, 0.15) is 10.4 Å². The number of fused-ring (bicyclic) bond motifs is 1. The topological polar surface area (TPSA) is 29.5 Å². The highest BCUT2D eigenvalue weighted by atomic mass is 35.7. The predicted molar refractivity (Wildman–Crippen MR) is 53.0 cm³/mol. The highest BCUT2D eigenvalue weighted by molar-refractivity contribution is 7.81. The van der Waals surface area contributed by atoms with Gasteiger partial charge in [-0.1, -0.05) is 12.1 Å². The first-order chi connectivity index (χ1) is 6.20. The summed E-state index contributed by atoms with van der Waals surface area (Å²) < 4.78 is 6.71. The Hall–Kier alpha value is -0.790. The molecule has 68 valence electrons. The molecular formula is C8H7ClNO2P. The van der Waals surface area contributed by atoms with Crippen LogP contribution in [0.15, 0.2) is 24.3 Å². The van der Waals surface area contributed by atoms with Crippen molar-refractivity contribution in [3.8, 4) is 0 Å². The Morgan fingerprint density at radius 2 is 2.15 bits per heavy atom. The number of anilines is 1. The lowest BCUT2D eigenvalue weighted by Gasteiger charge is -2.29. The molecule has 0 saturated heterocycles. The molecule has 0 amide bonds. The van der Waals surface area contributed by atoms with Gasteiger partial charge in [0.05, 0.1) is 11.3 Å². The van der Waals surface area contributed by atoms with Crippen LogP contribution in [0.3, 0.4) is 0 Å². The summed E-state index contributed by atoms with van der Waals surface area (Å²) in [6, 6.07) is 7.25. The fraction of sp³-hybridized carbons (Fsp3) is 0.125. The van der Waals surface area contributed by atoms with E-state index < -0.39 is 7.65 Å². The third kappa shape index (κ3) is 1.38. The average molecular weight is 216 g/mol. The minimum atomic E-state index is -1.32. The lowest BCUT2D eigenvalue weighted by atomic mass is 10.2. The zero-order valence-electron chi connectivity index (χ0n) is 6.90. The third-order valence-corrected chi connectivity index (χ3v) is 3.76. The second-order valence-corrected chi connectivity index (χ2v) is 4.75. The Morgan fingerprint density at radius 1 is 1.46 bits per heavy atom. The SMILES string of the molecule is CN1c2ccccc2C(=O)OP1Cl. The van der Waals surface area contributed by atoms with Crippen molar-refractivity contribution in [2.45, 2.75) is 0 Å². The molecule has 1 aliphatic rings. The van der Waals surface area contributed by atoms with Crippen molar-refractivity contribution in [2.75, 3.05) is 11.7 Å². The first kappa shape index (κ1) is 8.79. The van der Waals surface area contributed by atoms with Gasteiger partial charge in [0.1, 0.15) is 0 Å². The van der Waals surface area contributed by atoms with E-state index in [2.05, 4.69) is 0 Å². The van der Waals surface area contributed by atoms with Crippen molar-refractivity contribution in [1.29, 1.82) is 0 Å². The van der Waals surface area contributed by atoms with E-state index in [-0.39, 0.29) is 5.97 Å². The molecule has 1 aromatic carbocycles. The Kier molecular flexibility index (Phi) is 2.14. The number of benzene rings is 1. The smallest absolute Gasteiger partial charge is 0.345 e. The van der Waals surface area contributed by atoms with Crippen LogP contribution < -0.4 is 4.67 Å². The fourth-order valence-corrected chi connectivity index (χ4v) is 2.33. The van der Waals surface area contributed by atoms with Gasteiger partial charge in [0.2, 0.25) is 0 Å². The lowest BCUT2D eigenvalue weighted by Crippen LogP contribution is -2.20. The third-order valence-electron chi connectivity index (χ3n) is 1.87. The van der Waals surface area contributed by atoms with Gasteiger partial charge in [0.25, 0.3) is 7.65 Å². The molecule has 0 saturated carbocycles. The zero-order valence-corrected chi connectivity index (χ0v) is 8.55. The predicted octanol–water partition coefficient (Wildman–Crippen LogP) is 2.76. The van der Waals surface area contributed by atoms with Crippen LogP contribution in [-0.2, 0) is 4.52 Å². The van der Waals surface area contributed by atoms with Crippen LogP contribution in [0, 0.1) is 0 Å². The quantitative estimate of drug-likeness (QED) is 0.624. The van der Waals surface area contributed by atoms with Gasteiger partial charge < -0.3 is 9.19 Å². The minimum absolute atomic E-state index is 0.338. The number of rotatable bonds is 0. The summed E-state index contributed by atoms with van der Waals surface area (Å²) in [6.07, 6.45) is 0. The number of hydrogen-bond acceptors (Lipinski definition) is 3. The largest absolute Gasteiger partial charge is 0.405 e. The maximum Gasteiger partial charge on any atom is 0.345 e. The zero-order chi connectivity index (χ0) is 9.42. The number of nitrogens with zero attached hydrogens (tertiary/aromatic N) is 1. The molecule has 1 aromatic rings. The van der Waals surface area contributed by atoms with Gasteiger partial charge in [-0.2, -0.15) is 0 Å². The summed E-state index contributed by atoms with van der Waals surface area (Å²) in [5.41, 5.74) is 1.41. The number of carbonyl (C=O) groups is 1. The number of halogens is 1. The molecule has 0 fully saturated rings. The maximum atomic E-state index is 11.3. The highest BCUT2D eigenvalue weighted by Crippen LogP contribution is 2.52. The fourth-order valence-electron chi connectivity index (χ4n) is 1.19. The molecule has 1 atom stereocenters. The Morgan fingerprint density at radius 3 is 2.92 bits per heavy atom. The molecule has 13 heavy (non-hydrogen) atoms. The van der Waals surface area contributed by atoms with Gasteiger partial charge in [-0.25, -0.2) is 4.79 Å². The molecule has 0 aromatic heterocycles. The molecule has 0 aliphatic carbocycles.